The highest BCUT2D eigenvalue weighted by Crippen LogP contribution is 2.27. The summed E-state index contributed by atoms with van der Waals surface area (Å²) in [6.07, 6.45) is 0.716. The maximum atomic E-state index is 12.4. The Morgan fingerprint density at radius 2 is 1.83 bits per heavy atom. The monoisotopic (exact) mass is 418 g/mol. The van der Waals surface area contributed by atoms with Crippen LogP contribution >= 0.6 is 0 Å². The Labute approximate surface area is 173 Å². The minimum absolute atomic E-state index is 0.160. The van der Waals surface area contributed by atoms with E-state index in [4.69, 9.17) is 4.74 Å². The molecule has 2 aromatic carbocycles. The van der Waals surface area contributed by atoms with Crippen LogP contribution in [0.25, 0.3) is 0 Å². The largest absolute Gasteiger partial charge is 0.483 e. The molecule has 2 N–H and O–H groups in total. The fourth-order valence-electron chi connectivity index (χ4n) is 2.93. The van der Waals surface area contributed by atoms with E-state index in [-0.39, 0.29) is 23.3 Å². The third-order valence-electron chi connectivity index (χ3n) is 4.55. The summed E-state index contributed by atoms with van der Waals surface area (Å²) in [5.74, 6) is 0.495. The van der Waals surface area contributed by atoms with Crippen molar-refractivity contribution in [3.8, 4) is 5.75 Å². The van der Waals surface area contributed by atoms with E-state index in [0.717, 1.165) is 16.8 Å². The Morgan fingerprint density at radius 1 is 1.10 bits per heavy atom. The molecule has 0 atom stereocenters. The Kier molecular flexibility index (Phi) is 7.81. The summed E-state index contributed by atoms with van der Waals surface area (Å²) in [5, 5.41) is 2.94. The number of sulfonamides is 1. The van der Waals surface area contributed by atoms with Gasteiger partial charge < -0.3 is 10.1 Å². The van der Waals surface area contributed by atoms with Crippen LogP contribution in [0, 0.1) is 13.8 Å². The van der Waals surface area contributed by atoms with Gasteiger partial charge in [0.1, 0.15) is 5.75 Å². The van der Waals surface area contributed by atoms with Crippen molar-refractivity contribution in [3.05, 3.63) is 53.1 Å². The van der Waals surface area contributed by atoms with Gasteiger partial charge in [-0.05, 0) is 61.1 Å². The van der Waals surface area contributed by atoms with Crippen molar-refractivity contribution in [2.24, 2.45) is 0 Å². The first kappa shape index (κ1) is 22.9. The number of carbonyl (C=O) groups is 1. The second-order valence-corrected chi connectivity index (χ2v) is 9.12. The van der Waals surface area contributed by atoms with Crippen LogP contribution in [0.3, 0.4) is 0 Å². The standard InChI is InChI=1S/C22H30N2O4S/c1-6-12-23-29(26,27)18-10-11-20(17(5)13-18)28-14-21(25)24-22-16(4)8-7-9-19(22)15(2)3/h7-11,13,15,23H,6,12,14H2,1-5H3,(H,24,25). The Bertz CT molecular complexity index is 969. The highest BCUT2D eigenvalue weighted by atomic mass is 32.2. The van der Waals surface area contributed by atoms with E-state index in [9.17, 15) is 13.2 Å². The van der Waals surface area contributed by atoms with Gasteiger partial charge in [-0.1, -0.05) is 39.0 Å². The number of carbonyl (C=O) groups excluding carboxylic acids is 1. The predicted molar refractivity (Wildman–Crippen MR) is 116 cm³/mol. The number of aryl methyl sites for hydroxylation is 2. The second kappa shape index (κ2) is 9.89. The summed E-state index contributed by atoms with van der Waals surface area (Å²) in [4.78, 5) is 12.6. The van der Waals surface area contributed by atoms with Crippen molar-refractivity contribution in [2.45, 2.75) is 51.9 Å². The maximum Gasteiger partial charge on any atom is 0.262 e. The normalized spacial score (nSPS) is 11.5. The molecule has 0 fully saturated rings. The van der Waals surface area contributed by atoms with Crippen LogP contribution < -0.4 is 14.8 Å². The van der Waals surface area contributed by atoms with Crippen molar-refractivity contribution in [2.75, 3.05) is 18.5 Å². The van der Waals surface area contributed by atoms with Crippen molar-refractivity contribution in [3.63, 3.8) is 0 Å². The Balaban J connectivity index is 2.06. The molecule has 0 heterocycles. The zero-order valence-corrected chi connectivity index (χ0v) is 18.5. The van der Waals surface area contributed by atoms with Crippen LogP contribution in [0.5, 0.6) is 5.75 Å². The Hall–Kier alpha value is -2.38. The summed E-state index contributed by atoms with van der Waals surface area (Å²) in [7, 11) is -3.54. The van der Waals surface area contributed by atoms with Crippen molar-refractivity contribution in [1.82, 2.24) is 4.72 Å². The fourth-order valence-corrected chi connectivity index (χ4v) is 4.15. The van der Waals surface area contributed by atoms with Gasteiger partial charge in [0.05, 0.1) is 4.90 Å². The molecule has 0 aromatic heterocycles. The van der Waals surface area contributed by atoms with Gasteiger partial charge >= 0.3 is 0 Å². The van der Waals surface area contributed by atoms with Crippen molar-refractivity contribution >= 4 is 21.6 Å². The SMILES string of the molecule is CCCNS(=O)(=O)c1ccc(OCC(=O)Nc2c(C)cccc2C(C)C)c(C)c1. The van der Waals surface area contributed by atoms with Gasteiger partial charge in [0.15, 0.2) is 6.61 Å². The second-order valence-electron chi connectivity index (χ2n) is 7.36. The van der Waals surface area contributed by atoms with Crippen molar-refractivity contribution in [1.29, 1.82) is 0 Å². The molecule has 0 bridgehead atoms. The number of benzene rings is 2. The molecule has 0 aliphatic carbocycles. The zero-order valence-electron chi connectivity index (χ0n) is 17.7. The molecule has 0 spiro atoms. The third kappa shape index (κ3) is 6.05. The minimum Gasteiger partial charge on any atom is -0.483 e. The van der Waals surface area contributed by atoms with Gasteiger partial charge in [0.2, 0.25) is 10.0 Å². The molecule has 6 nitrogen and oxygen atoms in total. The first-order chi connectivity index (χ1) is 13.7. The number of amides is 1. The van der Waals surface area contributed by atoms with E-state index in [1.54, 1.807) is 19.1 Å². The molecule has 29 heavy (non-hydrogen) atoms. The fraction of sp³-hybridized carbons (Fsp3) is 0.409. The van der Waals surface area contributed by atoms with Gasteiger partial charge in [-0.2, -0.15) is 0 Å². The molecule has 158 valence electrons. The number of hydrogen-bond donors (Lipinski definition) is 2. The number of ether oxygens (including phenoxy) is 1. The van der Waals surface area contributed by atoms with Gasteiger partial charge in [-0.3, -0.25) is 4.79 Å². The van der Waals surface area contributed by atoms with Gasteiger partial charge in [-0.15, -0.1) is 0 Å². The van der Waals surface area contributed by atoms with E-state index in [0.29, 0.717) is 24.3 Å². The molecule has 1 amide bonds. The molecule has 2 aromatic rings. The van der Waals surface area contributed by atoms with Crippen LogP contribution in [0.1, 0.15) is 49.8 Å². The van der Waals surface area contributed by atoms with Crippen LogP contribution in [-0.4, -0.2) is 27.5 Å². The first-order valence-electron chi connectivity index (χ1n) is 9.78. The van der Waals surface area contributed by atoms with Crippen LogP contribution in [0.15, 0.2) is 41.3 Å². The van der Waals surface area contributed by atoms with Gasteiger partial charge in [-0.25, -0.2) is 13.1 Å². The summed E-state index contributed by atoms with van der Waals surface area (Å²) in [5.41, 5.74) is 3.53. The van der Waals surface area contributed by atoms with Crippen LogP contribution in [-0.2, 0) is 14.8 Å². The van der Waals surface area contributed by atoms with Gasteiger partial charge in [0.25, 0.3) is 5.91 Å². The molecule has 0 saturated carbocycles. The molecule has 0 aliphatic rings. The summed E-state index contributed by atoms with van der Waals surface area (Å²) >= 11 is 0. The third-order valence-corrected chi connectivity index (χ3v) is 6.01. The molecule has 0 radical (unpaired) electrons. The summed E-state index contributed by atoms with van der Waals surface area (Å²) in [6, 6.07) is 10.5. The van der Waals surface area contributed by atoms with E-state index in [1.165, 1.54) is 6.07 Å². The number of rotatable bonds is 9. The molecule has 0 saturated heterocycles. The first-order valence-corrected chi connectivity index (χ1v) is 11.3. The smallest absolute Gasteiger partial charge is 0.262 e. The van der Waals surface area contributed by atoms with Crippen LogP contribution in [0.2, 0.25) is 0 Å². The number of nitrogens with one attached hydrogen (secondary N) is 2. The zero-order chi connectivity index (χ0) is 21.6. The maximum absolute atomic E-state index is 12.4. The van der Waals surface area contributed by atoms with Gasteiger partial charge in [0, 0.05) is 12.2 Å². The Morgan fingerprint density at radius 3 is 2.45 bits per heavy atom. The molecule has 0 unspecified atom stereocenters. The quantitative estimate of drug-likeness (QED) is 0.641. The molecular weight excluding hydrogens is 388 g/mol. The minimum atomic E-state index is -3.54. The molecule has 2 rings (SSSR count). The molecule has 0 aliphatic heterocycles. The predicted octanol–water partition coefficient (Wildman–Crippen LogP) is 4.13. The summed E-state index contributed by atoms with van der Waals surface area (Å²) in [6.45, 7) is 9.99. The number of anilines is 1. The highest BCUT2D eigenvalue weighted by molar-refractivity contribution is 7.89. The van der Waals surface area contributed by atoms with E-state index >= 15 is 0 Å². The lowest BCUT2D eigenvalue weighted by atomic mass is 9.98. The highest BCUT2D eigenvalue weighted by Gasteiger charge is 2.16. The average Bonchev–Trinajstić information content (AvgIpc) is 2.66. The topological polar surface area (TPSA) is 84.5 Å². The molecular formula is C22H30N2O4S. The number of para-hydroxylation sites is 1. The molecule has 7 heteroatoms. The average molecular weight is 419 g/mol. The lowest BCUT2D eigenvalue weighted by Gasteiger charge is -2.17. The summed E-state index contributed by atoms with van der Waals surface area (Å²) < 4.78 is 32.6. The van der Waals surface area contributed by atoms with Crippen molar-refractivity contribution < 1.29 is 17.9 Å². The lowest BCUT2D eigenvalue weighted by Crippen LogP contribution is -2.24. The lowest BCUT2D eigenvalue weighted by molar-refractivity contribution is -0.118. The van der Waals surface area contributed by atoms with Crippen LogP contribution in [0.4, 0.5) is 5.69 Å². The van der Waals surface area contributed by atoms with E-state index in [1.807, 2.05) is 32.0 Å². The number of hydrogen-bond acceptors (Lipinski definition) is 4. The van der Waals surface area contributed by atoms with E-state index < -0.39 is 10.0 Å². The van der Waals surface area contributed by atoms with E-state index in [2.05, 4.69) is 23.9 Å².